The summed E-state index contributed by atoms with van der Waals surface area (Å²) in [5.74, 6) is -0.501. The highest BCUT2D eigenvalue weighted by atomic mass is 79.9. The normalized spacial score (nSPS) is 15.8. The molecule has 1 aliphatic rings. The van der Waals surface area contributed by atoms with E-state index in [9.17, 15) is 14.7 Å². The zero-order valence-corrected chi connectivity index (χ0v) is 23.1. The molecule has 1 aromatic carbocycles. The highest BCUT2D eigenvalue weighted by Gasteiger charge is 2.35. The van der Waals surface area contributed by atoms with Crippen LogP contribution in [0.4, 0.5) is 4.79 Å². The van der Waals surface area contributed by atoms with Crippen molar-refractivity contribution >= 4 is 32.8 Å². The maximum absolute atomic E-state index is 13.9. The Morgan fingerprint density at radius 1 is 1.03 bits per heavy atom. The van der Waals surface area contributed by atoms with Gasteiger partial charge < -0.3 is 14.7 Å². The van der Waals surface area contributed by atoms with Gasteiger partial charge in [0, 0.05) is 59.2 Å². The topological polar surface area (TPSA) is 97.6 Å². The molecule has 5 rings (SSSR count). The van der Waals surface area contributed by atoms with E-state index in [1.54, 1.807) is 35.8 Å². The Kier molecular flexibility index (Phi) is 6.96. The standard InChI is InChI=1S/C29H29BrN4O4/c1-29(2,3)38-28(37)33-15-10-21(17-33)34-26(35)23-16-20(30)4-5-22(23)25(27(34)36)24(18-6-11-31-12-7-18)19-8-13-32-14-9-19/h4-9,11-14,16,21,24,36H,10,15,17H2,1-3H3. The molecule has 0 saturated carbocycles. The van der Waals surface area contributed by atoms with Crippen LogP contribution in [0.1, 0.15) is 55.8 Å². The second-order valence-corrected chi connectivity index (χ2v) is 11.4. The quantitative estimate of drug-likeness (QED) is 0.338. The van der Waals surface area contributed by atoms with Gasteiger partial charge in [-0.15, -0.1) is 0 Å². The van der Waals surface area contributed by atoms with Gasteiger partial charge in [-0.1, -0.05) is 22.0 Å². The fraction of sp³-hybridized carbons (Fsp3) is 0.310. The summed E-state index contributed by atoms with van der Waals surface area (Å²) in [6.45, 7) is 6.15. The van der Waals surface area contributed by atoms with Crippen LogP contribution in [0.25, 0.3) is 10.8 Å². The number of rotatable bonds is 4. The van der Waals surface area contributed by atoms with Crippen LogP contribution in [0.2, 0.25) is 0 Å². The fourth-order valence-corrected chi connectivity index (χ4v) is 5.47. The van der Waals surface area contributed by atoms with Crippen LogP contribution in [0.5, 0.6) is 5.88 Å². The molecule has 1 fully saturated rings. The number of halogens is 1. The number of likely N-dealkylation sites (tertiary alicyclic amines) is 1. The van der Waals surface area contributed by atoms with Crippen LogP contribution in [-0.2, 0) is 4.74 Å². The molecular formula is C29H29BrN4O4. The molecule has 1 atom stereocenters. The molecular weight excluding hydrogens is 548 g/mol. The summed E-state index contributed by atoms with van der Waals surface area (Å²) in [6.07, 6.45) is 6.94. The van der Waals surface area contributed by atoms with Crippen molar-refractivity contribution in [3.63, 3.8) is 0 Å². The summed E-state index contributed by atoms with van der Waals surface area (Å²) >= 11 is 3.50. The third-order valence-electron chi connectivity index (χ3n) is 6.74. The van der Waals surface area contributed by atoms with Crippen molar-refractivity contribution in [1.82, 2.24) is 19.4 Å². The van der Waals surface area contributed by atoms with Crippen molar-refractivity contribution in [1.29, 1.82) is 0 Å². The largest absolute Gasteiger partial charge is 0.494 e. The van der Waals surface area contributed by atoms with E-state index >= 15 is 0 Å². The number of carbonyl (C=O) groups is 1. The number of aromatic nitrogens is 3. The minimum Gasteiger partial charge on any atom is -0.494 e. The number of pyridine rings is 3. The predicted molar refractivity (Wildman–Crippen MR) is 148 cm³/mol. The second-order valence-electron chi connectivity index (χ2n) is 10.5. The zero-order valence-electron chi connectivity index (χ0n) is 21.5. The Hall–Kier alpha value is -3.72. The van der Waals surface area contributed by atoms with Crippen LogP contribution in [-0.4, -0.2) is 49.3 Å². The maximum atomic E-state index is 13.9. The Bertz CT molecular complexity index is 1490. The minimum absolute atomic E-state index is 0.112. The molecule has 1 aliphatic heterocycles. The van der Waals surface area contributed by atoms with Gasteiger partial charge in [0.05, 0.1) is 6.04 Å². The van der Waals surface area contributed by atoms with Crippen LogP contribution >= 0.6 is 15.9 Å². The number of hydrogen-bond donors (Lipinski definition) is 1. The van der Waals surface area contributed by atoms with E-state index in [2.05, 4.69) is 25.9 Å². The lowest BCUT2D eigenvalue weighted by atomic mass is 9.84. The molecule has 0 radical (unpaired) electrons. The van der Waals surface area contributed by atoms with Crippen LogP contribution in [0.15, 0.2) is 76.5 Å². The van der Waals surface area contributed by atoms with Crippen molar-refractivity contribution in [2.45, 2.75) is 44.8 Å². The predicted octanol–water partition coefficient (Wildman–Crippen LogP) is 5.62. The number of hydrogen-bond acceptors (Lipinski definition) is 6. The third kappa shape index (κ3) is 5.03. The summed E-state index contributed by atoms with van der Waals surface area (Å²) in [5, 5.41) is 13.0. The zero-order chi connectivity index (χ0) is 27.0. The van der Waals surface area contributed by atoms with E-state index in [-0.39, 0.29) is 23.9 Å². The summed E-state index contributed by atoms with van der Waals surface area (Å²) in [6, 6.07) is 12.7. The Balaban J connectivity index is 1.70. The molecule has 4 aromatic rings. The molecule has 0 aliphatic carbocycles. The molecule has 196 valence electrons. The highest BCUT2D eigenvalue weighted by Crippen LogP contribution is 2.42. The first kappa shape index (κ1) is 25.9. The Morgan fingerprint density at radius 2 is 1.63 bits per heavy atom. The van der Waals surface area contributed by atoms with Gasteiger partial charge in [0.15, 0.2) is 5.88 Å². The van der Waals surface area contributed by atoms with E-state index in [4.69, 9.17) is 4.74 Å². The molecule has 1 amide bonds. The average Bonchev–Trinajstić information content (AvgIpc) is 3.37. The number of benzene rings is 1. The summed E-state index contributed by atoms with van der Waals surface area (Å²) in [7, 11) is 0. The van der Waals surface area contributed by atoms with Gasteiger partial charge in [0.25, 0.3) is 5.56 Å². The summed E-state index contributed by atoms with van der Waals surface area (Å²) < 4.78 is 7.76. The Labute approximate surface area is 229 Å². The molecule has 1 unspecified atom stereocenters. The van der Waals surface area contributed by atoms with E-state index in [1.165, 1.54) is 4.57 Å². The van der Waals surface area contributed by atoms with Gasteiger partial charge in [-0.3, -0.25) is 19.3 Å². The van der Waals surface area contributed by atoms with Crippen molar-refractivity contribution < 1.29 is 14.6 Å². The number of aromatic hydroxyl groups is 1. The molecule has 0 bridgehead atoms. The number of ether oxygens (including phenoxy) is 1. The lowest BCUT2D eigenvalue weighted by Crippen LogP contribution is -2.36. The van der Waals surface area contributed by atoms with E-state index in [0.29, 0.717) is 29.3 Å². The van der Waals surface area contributed by atoms with E-state index < -0.39 is 17.7 Å². The number of nitrogens with zero attached hydrogens (tertiary/aromatic N) is 4. The van der Waals surface area contributed by atoms with Crippen molar-refractivity contribution in [3.05, 3.63) is 98.8 Å². The van der Waals surface area contributed by atoms with Gasteiger partial charge in [0.2, 0.25) is 0 Å². The van der Waals surface area contributed by atoms with Crippen LogP contribution in [0, 0.1) is 0 Å². The average molecular weight is 577 g/mol. The maximum Gasteiger partial charge on any atom is 0.410 e. The molecule has 1 saturated heterocycles. The lowest BCUT2D eigenvalue weighted by molar-refractivity contribution is 0.0288. The molecule has 0 spiro atoms. The second kappa shape index (κ2) is 10.2. The minimum atomic E-state index is -0.626. The van der Waals surface area contributed by atoms with Gasteiger partial charge in [-0.05, 0) is 80.1 Å². The van der Waals surface area contributed by atoms with Crippen molar-refractivity contribution in [2.75, 3.05) is 13.1 Å². The molecule has 8 nitrogen and oxygen atoms in total. The number of fused-ring (bicyclic) bond motifs is 1. The third-order valence-corrected chi connectivity index (χ3v) is 7.23. The number of amides is 1. The molecule has 3 aromatic heterocycles. The van der Waals surface area contributed by atoms with E-state index in [0.717, 1.165) is 15.6 Å². The van der Waals surface area contributed by atoms with Gasteiger partial charge in [0.1, 0.15) is 5.60 Å². The fourth-order valence-electron chi connectivity index (χ4n) is 5.11. The van der Waals surface area contributed by atoms with Crippen LogP contribution in [0.3, 0.4) is 0 Å². The van der Waals surface area contributed by atoms with Crippen molar-refractivity contribution in [2.24, 2.45) is 0 Å². The molecule has 9 heteroatoms. The SMILES string of the molecule is CC(C)(C)OC(=O)N1CCC(n2c(O)c(C(c3ccncc3)c3ccncc3)c3ccc(Br)cc3c2=O)C1. The highest BCUT2D eigenvalue weighted by molar-refractivity contribution is 9.10. The first-order valence-corrected chi connectivity index (χ1v) is 13.3. The van der Waals surface area contributed by atoms with E-state index in [1.807, 2.05) is 57.2 Å². The smallest absolute Gasteiger partial charge is 0.410 e. The van der Waals surface area contributed by atoms with Crippen molar-refractivity contribution in [3.8, 4) is 5.88 Å². The van der Waals surface area contributed by atoms with Gasteiger partial charge in [-0.2, -0.15) is 0 Å². The monoisotopic (exact) mass is 576 g/mol. The van der Waals surface area contributed by atoms with Gasteiger partial charge >= 0.3 is 6.09 Å². The first-order chi connectivity index (χ1) is 18.1. The van der Waals surface area contributed by atoms with Gasteiger partial charge in [-0.25, -0.2) is 4.79 Å². The molecule has 1 N–H and O–H groups in total. The summed E-state index contributed by atoms with van der Waals surface area (Å²) in [4.78, 5) is 36.5. The van der Waals surface area contributed by atoms with Crippen LogP contribution < -0.4 is 5.56 Å². The first-order valence-electron chi connectivity index (χ1n) is 12.5. The Morgan fingerprint density at radius 3 is 2.21 bits per heavy atom. The molecule has 4 heterocycles. The number of carbonyl (C=O) groups excluding carboxylic acids is 1. The summed E-state index contributed by atoms with van der Waals surface area (Å²) in [5.41, 5.74) is 1.51. The lowest BCUT2D eigenvalue weighted by Gasteiger charge is -2.26. The molecule has 38 heavy (non-hydrogen) atoms.